The molecule has 0 bridgehead atoms. The number of rotatable bonds is 6. The number of piperidine rings is 1. The van der Waals surface area contributed by atoms with Gasteiger partial charge in [0, 0.05) is 31.5 Å². The summed E-state index contributed by atoms with van der Waals surface area (Å²) in [7, 11) is 0. The maximum Gasteiger partial charge on any atom is 0.257 e. The molecular formula is C17H22N4O2S. The van der Waals surface area contributed by atoms with Crippen molar-refractivity contribution < 1.29 is 9.53 Å². The van der Waals surface area contributed by atoms with Crippen LogP contribution in [0.4, 0.5) is 5.82 Å². The molecule has 1 aliphatic rings. The first-order valence-electron chi connectivity index (χ1n) is 8.25. The van der Waals surface area contributed by atoms with Crippen molar-refractivity contribution in [1.29, 1.82) is 0 Å². The number of nitrogens with zero attached hydrogens (tertiary/aromatic N) is 3. The van der Waals surface area contributed by atoms with Crippen molar-refractivity contribution in [3.63, 3.8) is 0 Å². The van der Waals surface area contributed by atoms with Gasteiger partial charge < -0.3 is 15.0 Å². The minimum Gasteiger partial charge on any atom is -0.475 e. The molecule has 1 saturated heterocycles. The average molecular weight is 346 g/mol. The minimum atomic E-state index is 0.210. The van der Waals surface area contributed by atoms with Gasteiger partial charge in [-0.3, -0.25) is 4.79 Å². The van der Waals surface area contributed by atoms with Gasteiger partial charge in [0.2, 0.25) is 5.91 Å². The van der Waals surface area contributed by atoms with Crippen LogP contribution in [0.1, 0.15) is 25.3 Å². The molecule has 3 heterocycles. The molecule has 1 N–H and O–H groups in total. The molecule has 1 amide bonds. The van der Waals surface area contributed by atoms with Crippen molar-refractivity contribution in [3.8, 4) is 5.88 Å². The number of carbonyl (C=O) groups is 1. The average Bonchev–Trinajstić information content (AvgIpc) is 3.10. The summed E-state index contributed by atoms with van der Waals surface area (Å²) >= 11 is 1.63. The molecule has 2 aromatic rings. The third-order valence-corrected chi connectivity index (χ3v) is 4.80. The van der Waals surface area contributed by atoms with Crippen molar-refractivity contribution in [2.45, 2.75) is 32.2 Å². The normalized spacial score (nSPS) is 15.3. The number of aromatic nitrogens is 2. The van der Waals surface area contributed by atoms with E-state index >= 15 is 0 Å². The quantitative estimate of drug-likeness (QED) is 0.871. The van der Waals surface area contributed by atoms with E-state index in [2.05, 4.69) is 15.3 Å². The lowest BCUT2D eigenvalue weighted by atomic mass is 10.0. The first kappa shape index (κ1) is 16.7. The zero-order valence-corrected chi connectivity index (χ0v) is 14.6. The van der Waals surface area contributed by atoms with Gasteiger partial charge in [0.15, 0.2) is 5.82 Å². The van der Waals surface area contributed by atoms with Gasteiger partial charge in [-0.2, -0.15) is 11.3 Å². The molecule has 24 heavy (non-hydrogen) atoms. The summed E-state index contributed by atoms with van der Waals surface area (Å²) in [5.74, 6) is 1.43. The van der Waals surface area contributed by atoms with Gasteiger partial charge in [-0.25, -0.2) is 9.97 Å². The first-order valence-corrected chi connectivity index (χ1v) is 9.19. The molecule has 0 radical (unpaired) electrons. The van der Waals surface area contributed by atoms with Gasteiger partial charge in [0.25, 0.3) is 5.88 Å². The van der Waals surface area contributed by atoms with Gasteiger partial charge in [0.05, 0.1) is 13.0 Å². The molecule has 0 unspecified atom stereocenters. The molecule has 1 fully saturated rings. The highest BCUT2D eigenvalue weighted by molar-refractivity contribution is 7.08. The molecule has 1 aliphatic heterocycles. The lowest BCUT2D eigenvalue weighted by Gasteiger charge is -2.32. The van der Waals surface area contributed by atoms with Gasteiger partial charge in [-0.15, -0.1) is 0 Å². The van der Waals surface area contributed by atoms with E-state index in [1.807, 2.05) is 28.7 Å². The lowest BCUT2D eigenvalue weighted by molar-refractivity contribution is -0.131. The Hall–Kier alpha value is -2.15. The van der Waals surface area contributed by atoms with Crippen LogP contribution in [0.5, 0.6) is 5.88 Å². The maximum absolute atomic E-state index is 12.3. The molecular weight excluding hydrogens is 324 g/mol. The molecule has 2 aromatic heterocycles. The molecule has 0 saturated carbocycles. The van der Waals surface area contributed by atoms with Crippen LogP contribution in [0.25, 0.3) is 0 Å². The Morgan fingerprint density at radius 2 is 2.17 bits per heavy atom. The molecule has 0 aromatic carbocycles. The van der Waals surface area contributed by atoms with E-state index in [-0.39, 0.29) is 11.9 Å². The third-order valence-electron chi connectivity index (χ3n) is 4.07. The Kier molecular flexibility index (Phi) is 5.63. The predicted octanol–water partition coefficient (Wildman–Crippen LogP) is 2.58. The van der Waals surface area contributed by atoms with Crippen LogP contribution in [0.3, 0.4) is 0 Å². The Morgan fingerprint density at radius 3 is 2.88 bits per heavy atom. The summed E-state index contributed by atoms with van der Waals surface area (Å²) in [4.78, 5) is 22.8. The maximum atomic E-state index is 12.3. The van der Waals surface area contributed by atoms with Crippen LogP contribution in [0.2, 0.25) is 0 Å². The Bertz CT molecular complexity index is 654. The van der Waals surface area contributed by atoms with Crippen LogP contribution >= 0.6 is 11.3 Å². The van der Waals surface area contributed by atoms with Gasteiger partial charge in [-0.05, 0) is 42.2 Å². The molecule has 0 atom stereocenters. The van der Waals surface area contributed by atoms with Gasteiger partial charge in [-0.1, -0.05) is 0 Å². The van der Waals surface area contributed by atoms with Crippen LogP contribution < -0.4 is 10.1 Å². The second-order valence-electron chi connectivity index (χ2n) is 5.75. The number of anilines is 1. The fourth-order valence-corrected chi connectivity index (χ4v) is 3.48. The number of nitrogens with one attached hydrogen (secondary N) is 1. The summed E-state index contributed by atoms with van der Waals surface area (Å²) in [6, 6.07) is 2.30. The summed E-state index contributed by atoms with van der Waals surface area (Å²) < 4.78 is 5.50. The minimum absolute atomic E-state index is 0.210. The van der Waals surface area contributed by atoms with Crippen molar-refractivity contribution in [2.24, 2.45) is 0 Å². The molecule has 128 valence electrons. The molecule has 0 aliphatic carbocycles. The SMILES string of the molecule is CCOc1nccnc1NC1CCN(C(=O)Cc2ccsc2)CC1. The fraction of sp³-hybridized carbons (Fsp3) is 0.471. The van der Waals surface area contributed by atoms with Crippen molar-refractivity contribution in [1.82, 2.24) is 14.9 Å². The third kappa shape index (κ3) is 4.23. The van der Waals surface area contributed by atoms with Gasteiger partial charge in [0.1, 0.15) is 0 Å². The van der Waals surface area contributed by atoms with E-state index in [4.69, 9.17) is 4.74 Å². The molecule has 7 heteroatoms. The number of thiophene rings is 1. The van der Waals surface area contributed by atoms with Crippen LogP contribution in [-0.2, 0) is 11.2 Å². The molecule has 3 rings (SSSR count). The summed E-state index contributed by atoms with van der Waals surface area (Å²) in [5, 5.41) is 7.45. The largest absolute Gasteiger partial charge is 0.475 e. The van der Waals surface area contributed by atoms with Gasteiger partial charge >= 0.3 is 0 Å². The fourth-order valence-electron chi connectivity index (χ4n) is 2.81. The van der Waals surface area contributed by atoms with E-state index in [1.54, 1.807) is 23.7 Å². The zero-order chi connectivity index (χ0) is 16.8. The molecule has 0 spiro atoms. The number of hydrogen-bond acceptors (Lipinski definition) is 6. The first-order chi connectivity index (χ1) is 11.8. The van der Waals surface area contributed by atoms with E-state index in [9.17, 15) is 4.79 Å². The van der Waals surface area contributed by atoms with Crippen LogP contribution in [-0.4, -0.2) is 46.5 Å². The predicted molar refractivity (Wildman–Crippen MR) is 94.4 cm³/mol. The standard InChI is InChI=1S/C17H22N4O2S/c1-2-23-17-16(18-6-7-19-17)20-14-3-8-21(9-4-14)15(22)11-13-5-10-24-12-13/h5-7,10,12,14H,2-4,8-9,11H2,1H3,(H,18,20). The van der Waals surface area contributed by atoms with E-state index in [0.717, 1.165) is 31.5 Å². The topological polar surface area (TPSA) is 67.4 Å². The second kappa shape index (κ2) is 8.10. The highest BCUT2D eigenvalue weighted by atomic mass is 32.1. The smallest absolute Gasteiger partial charge is 0.257 e. The summed E-state index contributed by atoms with van der Waals surface area (Å²) in [5.41, 5.74) is 1.10. The number of hydrogen-bond donors (Lipinski definition) is 1. The lowest BCUT2D eigenvalue weighted by Crippen LogP contribution is -2.43. The van der Waals surface area contributed by atoms with Crippen LogP contribution in [0, 0.1) is 0 Å². The number of ether oxygens (including phenoxy) is 1. The zero-order valence-electron chi connectivity index (χ0n) is 13.8. The number of carbonyl (C=O) groups excluding carboxylic acids is 1. The van der Waals surface area contributed by atoms with Crippen molar-refractivity contribution in [3.05, 3.63) is 34.8 Å². The Labute approximate surface area is 145 Å². The second-order valence-corrected chi connectivity index (χ2v) is 6.53. The number of likely N-dealkylation sites (tertiary alicyclic amines) is 1. The van der Waals surface area contributed by atoms with E-state index < -0.39 is 0 Å². The monoisotopic (exact) mass is 346 g/mol. The Morgan fingerprint density at radius 1 is 1.38 bits per heavy atom. The van der Waals surface area contributed by atoms with Crippen LogP contribution in [0.15, 0.2) is 29.2 Å². The number of amides is 1. The summed E-state index contributed by atoms with van der Waals surface area (Å²) in [6.45, 7) is 4.02. The summed E-state index contributed by atoms with van der Waals surface area (Å²) in [6.07, 6.45) is 5.58. The highest BCUT2D eigenvalue weighted by Crippen LogP contribution is 2.22. The molecule has 6 nitrogen and oxygen atoms in total. The van der Waals surface area contributed by atoms with Crippen molar-refractivity contribution >= 4 is 23.1 Å². The highest BCUT2D eigenvalue weighted by Gasteiger charge is 2.24. The Balaban J connectivity index is 1.51. The van der Waals surface area contributed by atoms with E-state index in [1.165, 1.54) is 0 Å². The van der Waals surface area contributed by atoms with Crippen molar-refractivity contribution in [2.75, 3.05) is 25.0 Å². The van der Waals surface area contributed by atoms with E-state index in [0.29, 0.717) is 24.7 Å².